The van der Waals surface area contributed by atoms with Crippen LogP contribution in [0, 0.1) is 11.3 Å². The van der Waals surface area contributed by atoms with Crippen molar-refractivity contribution in [3.05, 3.63) is 29.8 Å². The zero-order chi connectivity index (χ0) is 14.4. The predicted octanol–water partition coefficient (Wildman–Crippen LogP) is 1.89. The summed E-state index contributed by atoms with van der Waals surface area (Å²) in [5.74, 6) is 1.11. The van der Waals surface area contributed by atoms with E-state index in [1.165, 1.54) is 0 Å². The molecular weight excluding hydrogens is 254 g/mol. The Morgan fingerprint density at radius 3 is 2.85 bits per heavy atom. The Labute approximate surface area is 118 Å². The molecule has 0 aromatic carbocycles. The Morgan fingerprint density at radius 1 is 1.35 bits per heavy atom. The van der Waals surface area contributed by atoms with Crippen LogP contribution in [0.15, 0.2) is 22.9 Å². The van der Waals surface area contributed by atoms with Crippen LogP contribution in [0.25, 0.3) is 11.5 Å². The monoisotopic (exact) mass is 271 g/mol. The van der Waals surface area contributed by atoms with Gasteiger partial charge in [-0.25, -0.2) is 4.98 Å². The van der Waals surface area contributed by atoms with E-state index in [0.29, 0.717) is 17.4 Å². The van der Waals surface area contributed by atoms with Crippen molar-refractivity contribution in [2.24, 2.45) is 0 Å². The van der Waals surface area contributed by atoms with Crippen LogP contribution < -0.4 is 0 Å². The minimum atomic E-state index is 0.338. The maximum absolute atomic E-state index is 8.83. The van der Waals surface area contributed by atoms with Crippen LogP contribution in [0.5, 0.6) is 0 Å². The second kappa shape index (κ2) is 6.78. The SMILES string of the molecule is CCN(CC)CCc1noc(-c2ccnc(C#N)c2)n1. The van der Waals surface area contributed by atoms with Gasteiger partial charge in [-0.05, 0) is 25.2 Å². The fourth-order valence-corrected chi connectivity index (χ4v) is 1.90. The standard InChI is InChI=1S/C14H17N5O/c1-3-19(4-2)8-6-13-17-14(20-18-13)11-5-7-16-12(9-11)10-15/h5,7,9H,3-4,6,8H2,1-2H3. The Balaban J connectivity index is 2.07. The van der Waals surface area contributed by atoms with E-state index in [0.717, 1.165) is 31.6 Å². The van der Waals surface area contributed by atoms with Crippen molar-refractivity contribution >= 4 is 0 Å². The molecular formula is C14H17N5O. The smallest absolute Gasteiger partial charge is 0.258 e. The number of pyridine rings is 1. The lowest BCUT2D eigenvalue weighted by Gasteiger charge is -2.16. The summed E-state index contributed by atoms with van der Waals surface area (Å²) in [6.45, 7) is 7.19. The first-order chi connectivity index (χ1) is 9.76. The molecule has 0 aliphatic carbocycles. The van der Waals surface area contributed by atoms with Crippen molar-refractivity contribution in [3.63, 3.8) is 0 Å². The molecule has 6 heteroatoms. The average Bonchev–Trinajstić information content (AvgIpc) is 2.97. The molecule has 2 aromatic heterocycles. The van der Waals surface area contributed by atoms with Gasteiger partial charge in [-0.1, -0.05) is 19.0 Å². The van der Waals surface area contributed by atoms with Crippen molar-refractivity contribution in [2.45, 2.75) is 20.3 Å². The van der Waals surface area contributed by atoms with Gasteiger partial charge in [0.2, 0.25) is 0 Å². The molecule has 0 aliphatic heterocycles. The summed E-state index contributed by atoms with van der Waals surface area (Å²) < 4.78 is 5.23. The predicted molar refractivity (Wildman–Crippen MR) is 73.7 cm³/mol. The first kappa shape index (κ1) is 14.2. The third-order valence-corrected chi connectivity index (χ3v) is 3.14. The minimum absolute atomic E-state index is 0.338. The highest BCUT2D eigenvalue weighted by Gasteiger charge is 2.10. The number of aromatic nitrogens is 3. The Kier molecular flexibility index (Phi) is 4.80. The third kappa shape index (κ3) is 3.39. The first-order valence-corrected chi connectivity index (χ1v) is 6.68. The molecule has 2 aromatic rings. The largest absolute Gasteiger partial charge is 0.334 e. The molecule has 0 saturated heterocycles. The number of hydrogen-bond acceptors (Lipinski definition) is 6. The van der Waals surface area contributed by atoms with Gasteiger partial charge in [0.1, 0.15) is 11.8 Å². The minimum Gasteiger partial charge on any atom is -0.334 e. The van der Waals surface area contributed by atoms with E-state index < -0.39 is 0 Å². The van der Waals surface area contributed by atoms with E-state index in [1.54, 1.807) is 18.3 Å². The van der Waals surface area contributed by atoms with Crippen LogP contribution >= 0.6 is 0 Å². The maximum Gasteiger partial charge on any atom is 0.258 e. The Bertz CT molecular complexity index is 598. The summed E-state index contributed by atoms with van der Waals surface area (Å²) in [7, 11) is 0. The van der Waals surface area contributed by atoms with E-state index >= 15 is 0 Å². The lowest BCUT2D eigenvalue weighted by molar-refractivity contribution is 0.303. The summed E-state index contributed by atoms with van der Waals surface area (Å²) >= 11 is 0. The molecule has 6 nitrogen and oxygen atoms in total. The van der Waals surface area contributed by atoms with Crippen molar-refractivity contribution in [1.29, 1.82) is 5.26 Å². The molecule has 2 rings (SSSR count). The van der Waals surface area contributed by atoms with Gasteiger partial charge in [0, 0.05) is 24.7 Å². The fourth-order valence-electron chi connectivity index (χ4n) is 1.90. The Morgan fingerprint density at radius 2 is 2.15 bits per heavy atom. The van der Waals surface area contributed by atoms with Crippen molar-refractivity contribution in [3.8, 4) is 17.5 Å². The fraction of sp³-hybridized carbons (Fsp3) is 0.429. The van der Waals surface area contributed by atoms with Crippen LogP contribution in [0.3, 0.4) is 0 Å². The highest BCUT2D eigenvalue weighted by molar-refractivity contribution is 5.53. The third-order valence-electron chi connectivity index (χ3n) is 3.14. The molecule has 0 atom stereocenters. The molecule has 0 aliphatic rings. The maximum atomic E-state index is 8.83. The Hall–Kier alpha value is -2.26. The molecule has 0 saturated carbocycles. The summed E-state index contributed by atoms with van der Waals surface area (Å²) in [6.07, 6.45) is 2.31. The second-order valence-corrected chi connectivity index (χ2v) is 4.33. The molecule has 0 bridgehead atoms. The molecule has 2 heterocycles. The first-order valence-electron chi connectivity index (χ1n) is 6.68. The van der Waals surface area contributed by atoms with Crippen molar-refractivity contribution < 1.29 is 4.52 Å². The molecule has 0 N–H and O–H groups in total. The number of rotatable bonds is 6. The highest BCUT2D eigenvalue weighted by Crippen LogP contribution is 2.17. The summed E-state index contributed by atoms with van der Waals surface area (Å²) in [5, 5.41) is 12.8. The van der Waals surface area contributed by atoms with Crippen molar-refractivity contribution in [1.82, 2.24) is 20.0 Å². The van der Waals surface area contributed by atoms with Gasteiger partial charge in [-0.3, -0.25) is 0 Å². The van der Waals surface area contributed by atoms with E-state index in [2.05, 4.69) is 33.9 Å². The van der Waals surface area contributed by atoms with Crippen LogP contribution in [-0.2, 0) is 6.42 Å². The zero-order valence-corrected chi connectivity index (χ0v) is 11.7. The van der Waals surface area contributed by atoms with Crippen LogP contribution in [0.1, 0.15) is 25.4 Å². The van der Waals surface area contributed by atoms with Crippen LogP contribution in [0.2, 0.25) is 0 Å². The number of nitrogens with zero attached hydrogens (tertiary/aromatic N) is 5. The molecule has 104 valence electrons. The second-order valence-electron chi connectivity index (χ2n) is 4.33. The van der Waals surface area contributed by atoms with Gasteiger partial charge in [-0.15, -0.1) is 0 Å². The number of hydrogen-bond donors (Lipinski definition) is 0. The number of likely N-dealkylation sites (N-methyl/N-ethyl adjacent to an activating group) is 1. The summed E-state index contributed by atoms with van der Waals surface area (Å²) in [5.41, 5.74) is 1.06. The van der Waals surface area contributed by atoms with Gasteiger partial charge in [0.25, 0.3) is 5.89 Å². The zero-order valence-electron chi connectivity index (χ0n) is 11.7. The molecule has 0 unspecified atom stereocenters. The molecule has 0 amide bonds. The van der Waals surface area contributed by atoms with Crippen LogP contribution in [0.4, 0.5) is 0 Å². The van der Waals surface area contributed by atoms with E-state index in [9.17, 15) is 0 Å². The van der Waals surface area contributed by atoms with Crippen LogP contribution in [-0.4, -0.2) is 39.7 Å². The average molecular weight is 271 g/mol. The lowest BCUT2D eigenvalue weighted by atomic mass is 10.2. The lowest BCUT2D eigenvalue weighted by Crippen LogP contribution is -2.25. The van der Waals surface area contributed by atoms with Crippen molar-refractivity contribution in [2.75, 3.05) is 19.6 Å². The van der Waals surface area contributed by atoms with Gasteiger partial charge in [-0.2, -0.15) is 10.2 Å². The molecule has 0 fully saturated rings. The quantitative estimate of drug-likeness (QED) is 0.798. The summed E-state index contributed by atoms with van der Waals surface area (Å²) in [6, 6.07) is 5.38. The molecule has 20 heavy (non-hydrogen) atoms. The molecule has 0 spiro atoms. The van der Waals surface area contributed by atoms with Gasteiger partial charge >= 0.3 is 0 Å². The van der Waals surface area contributed by atoms with E-state index in [-0.39, 0.29) is 0 Å². The van der Waals surface area contributed by atoms with Gasteiger partial charge in [0.15, 0.2) is 5.82 Å². The number of nitriles is 1. The molecule has 0 radical (unpaired) electrons. The summed E-state index contributed by atoms with van der Waals surface area (Å²) in [4.78, 5) is 10.6. The normalized spacial score (nSPS) is 10.7. The highest BCUT2D eigenvalue weighted by atomic mass is 16.5. The van der Waals surface area contributed by atoms with E-state index in [1.807, 2.05) is 6.07 Å². The van der Waals surface area contributed by atoms with E-state index in [4.69, 9.17) is 9.78 Å². The topological polar surface area (TPSA) is 78.8 Å². The van der Waals surface area contributed by atoms with Gasteiger partial charge < -0.3 is 9.42 Å². The van der Waals surface area contributed by atoms with Gasteiger partial charge in [0.05, 0.1) is 0 Å².